The zero-order chi connectivity index (χ0) is 42.6. The van der Waals surface area contributed by atoms with Crippen LogP contribution < -0.4 is 19.5 Å². The second kappa shape index (κ2) is 15.6. The van der Waals surface area contributed by atoms with Crippen LogP contribution in [0.15, 0.2) is 42.5 Å². The van der Waals surface area contributed by atoms with Crippen molar-refractivity contribution in [1.29, 1.82) is 0 Å². The summed E-state index contributed by atoms with van der Waals surface area (Å²) in [5, 5.41) is 14.8. The first-order chi connectivity index (χ1) is 27.0. The number of pyridine rings is 1. The summed E-state index contributed by atoms with van der Waals surface area (Å²) in [6.07, 6.45) is 3.07. The smallest absolute Gasteiger partial charge is 0.408 e. The molecule has 0 unspecified atom stereocenters. The Hall–Kier alpha value is -4.54. The Morgan fingerprint density at radius 2 is 1.83 bits per heavy atom. The molecule has 2 aromatic rings. The summed E-state index contributed by atoms with van der Waals surface area (Å²) in [5.41, 5.74) is -4.04. The number of carbonyl (C=O) groups is 4. The van der Waals surface area contributed by atoms with Crippen molar-refractivity contribution in [3.8, 4) is 11.8 Å². The fourth-order valence-electron chi connectivity index (χ4n) is 8.27. The molecule has 3 heterocycles. The number of hydrogen-bond acceptors (Lipinski definition) is 9. The van der Waals surface area contributed by atoms with Gasteiger partial charge < -0.3 is 24.8 Å². The van der Waals surface area contributed by atoms with E-state index in [2.05, 4.69) is 15.0 Å². The summed E-state index contributed by atoms with van der Waals surface area (Å²) in [6, 6.07) is 5.95. The van der Waals surface area contributed by atoms with Gasteiger partial charge in [-0.1, -0.05) is 44.2 Å². The van der Waals surface area contributed by atoms with E-state index >= 15 is 13.6 Å². The van der Waals surface area contributed by atoms with Crippen molar-refractivity contribution in [3.63, 3.8) is 0 Å². The predicted octanol–water partition coefficient (Wildman–Crippen LogP) is 5.65. The summed E-state index contributed by atoms with van der Waals surface area (Å²) in [4.78, 5) is 63.1. The van der Waals surface area contributed by atoms with Crippen molar-refractivity contribution in [2.24, 2.45) is 17.8 Å². The summed E-state index contributed by atoms with van der Waals surface area (Å²) < 4.78 is 70.5. The normalized spacial score (nSPS) is 28.9. The number of ether oxygens (including phenoxy) is 2. The zero-order valence-corrected chi connectivity index (χ0v) is 34.9. The third-order valence-corrected chi connectivity index (χ3v) is 14.8. The lowest BCUT2D eigenvalue weighted by Crippen LogP contribution is -2.66. The highest BCUT2D eigenvalue weighted by Gasteiger charge is 2.63. The zero-order valence-electron chi connectivity index (χ0n) is 34.1. The van der Waals surface area contributed by atoms with Gasteiger partial charge in [0.1, 0.15) is 29.3 Å². The number of hydrogen-bond donors (Lipinski definition) is 3. The molecule has 0 bridgehead atoms. The number of sulfonamides is 1. The van der Waals surface area contributed by atoms with E-state index < -0.39 is 85.6 Å². The van der Waals surface area contributed by atoms with Crippen molar-refractivity contribution in [2.75, 3.05) is 13.2 Å². The minimum Gasteiger partial charge on any atom is -0.478 e. The van der Waals surface area contributed by atoms with Crippen LogP contribution in [0.3, 0.4) is 0 Å². The van der Waals surface area contributed by atoms with Gasteiger partial charge >= 0.3 is 6.09 Å². The summed E-state index contributed by atoms with van der Waals surface area (Å²) in [7, 11) is -4.09. The number of amides is 4. The lowest BCUT2D eigenvalue weighted by atomic mass is 9.84. The molecule has 3 fully saturated rings. The third-order valence-electron chi connectivity index (χ3n) is 12.6. The maximum absolute atomic E-state index is 15.4. The summed E-state index contributed by atoms with van der Waals surface area (Å²) in [6.45, 7) is 9.70. The molecule has 1 aromatic carbocycles. The maximum atomic E-state index is 15.4. The van der Waals surface area contributed by atoms with Crippen LogP contribution in [0.25, 0.3) is 10.8 Å². The number of nitrogens with one attached hydrogen (secondary N) is 2. The Bertz CT molecular complexity index is 2090. The van der Waals surface area contributed by atoms with Gasteiger partial charge in [-0.2, -0.15) is 4.98 Å². The number of fused-ring (bicyclic) bond motifs is 3. The SMILES string of the molecule is CCOc1cc2ccccc2c(O[C@@H]2C[C@H]3C(=O)N[C@]4(C(=O)NS(=O)(=O)C5(C)CC5)C[C@H]4C=CCC[C@H](C)C[C@@H](C)[C@H](N(C(=O)O)C(C)(C)C(C)(F)F)C(=O)N3C2)n1. The van der Waals surface area contributed by atoms with E-state index in [4.69, 9.17) is 9.47 Å². The monoisotopic (exact) mass is 831 g/mol. The van der Waals surface area contributed by atoms with Gasteiger partial charge in [0.2, 0.25) is 33.6 Å². The van der Waals surface area contributed by atoms with Crippen LogP contribution in [0, 0.1) is 17.8 Å². The van der Waals surface area contributed by atoms with E-state index in [1.165, 1.54) is 0 Å². The van der Waals surface area contributed by atoms with Crippen molar-refractivity contribution >= 4 is 44.6 Å². The molecular weight excluding hydrogens is 777 g/mol. The quantitative estimate of drug-likeness (QED) is 0.253. The molecule has 58 heavy (non-hydrogen) atoms. The average molecular weight is 832 g/mol. The molecule has 3 N–H and O–H groups in total. The van der Waals surface area contributed by atoms with E-state index in [0.717, 1.165) is 24.1 Å². The van der Waals surface area contributed by atoms with E-state index in [-0.39, 0.29) is 43.5 Å². The minimum atomic E-state index is -4.09. The van der Waals surface area contributed by atoms with Crippen molar-refractivity contribution in [2.45, 2.75) is 133 Å². The molecule has 1 aromatic heterocycles. The maximum Gasteiger partial charge on any atom is 0.408 e. The molecule has 2 aliphatic carbocycles. The van der Waals surface area contributed by atoms with Gasteiger partial charge in [-0.15, -0.1) is 0 Å². The Morgan fingerprint density at radius 3 is 2.47 bits per heavy atom. The highest BCUT2D eigenvalue weighted by atomic mass is 32.2. The summed E-state index contributed by atoms with van der Waals surface area (Å²) in [5.74, 6) is -7.20. The lowest BCUT2D eigenvalue weighted by Gasteiger charge is -2.47. The fraction of sp³-hybridized carbons (Fsp3) is 0.634. The molecule has 4 amide bonds. The molecular formula is C41H55F2N5O9S. The fourth-order valence-corrected chi connectivity index (χ4v) is 9.58. The van der Waals surface area contributed by atoms with Gasteiger partial charge in [-0.05, 0) is 89.5 Å². The van der Waals surface area contributed by atoms with Crippen LogP contribution >= 0.6 is 0 Å². The average Bonchev–Trinajstić information content (AvgIpc) is 4.01. The van der Waals surface area contributed by atoms with Crippen molar-refractivity contribution < 1.29 is 51.0 Å². The third kappa shape index (κ3) is 8.19. The number of allylic oxidation sites excluding steroid dienone is 1. The number of alkyl halides is 2. The lowest BCUT2D eigenvalue weighted by molar-refractivity contribution is -0.156. The number of nitrogens with zero attached hydrogens (tertiary/aromatic N) is 3. The number of aromatic nitrogens is 1. The van der Waals surface area contributed by atoms with Crippen LogP contribution in [0.4, 0.5) is 13.6 Å². The van der Waals surface area contributed by atoms with E-state index in [1.807, 2.05) is 25.1 Å². The highest BCUT2D eigenvalue weighted by molar-refractivity contribution is 7.91. The van der Waals surface area contributed by atoms with Gasteiger partial charge in [-0.25, -0.2) is 22.0 Å². The molecule has 1 saturated heterocycles. The van der Waals surface area contributed by atoms with Gasteiger partial charge in [-0.3, -0.25) is 24.0 Å². The first kappa shape index (κ1) is 43.0. The Kier molecular flexibility index (Phi) is 11.6. The van der Waals surface area contributed by atoms with Gasteiger partial charge in [0.15, 0.2) is 0 Å². The molecule has 6 rings (SSSR count). The Morgan fingerprint density at radius 1 is 1.14 bits per heavy atom. The molecule has 17 heteroatoms. The first-order valence-corrected chi connectivity index (χ1v) is 21.5. The highest BCUT2D eigenvalue weighted by Crippen LogP contribution is 2.48. The molecule has 318 valence electrons. The molecule has 2 aliphatic heterocycles. The molecule has 2 saturated carbocycles. The van der Waals surface area contributed by atoms with Gasteiger partial charge in [0.25, 0.3) is 11.8 Å². The topological polar surface area (TPSA) is 185 Å². The van der Waals surface area contributed by atoms with E-state index in [9.17, 15) is 27.9 Å². The molecule has 7 atom stereocenters. The second-order valence-corrected chi connectivity index (χ2v) is 19.6. The Labute approximate surface area is 338 Å². The van der Waals surface area contributed by atoms with Gasteiger partial charge in [0, 0.05) is 30.7 Å². The number of halogens is 2. The summed E-state index contributed by atoms with van der Waals surface area (Å²) >= 11 is 0. The molecule has 0 radical (unpaired) electrons. The molecule has 0 spiro atoms. The molecule has 14 nitrogen and oxygen atoms in total. The van der Waals surface area contributed by atoms with E-state index in [1.54, 1.807) is 45.0 Å². The number of carbonyl (C=O) groups excluding carboxylic acids is 3. The Balaban J connectivity index is 1.43. The predicted molar refractivity (Wildman–Crippen MR) is 211 cm³/mol. The van der Waals surface area contributed by atoms with Crippen LogP contribution in [0.2, 0.25) is 0 Å². The number of benzene rings is 1. The first-order valence-electron chi connectivity index (χ1n) is 20.0. The number of carboxylic acid groups (broad SMARTS) is 1. The van der Waals surface area contributed by atoms with Crippen LogP contribution in [0.5, 0.6) is 11.8 Å². The second-order valence-electron chi connectivity index (χ2n) is 17.4. The van der Waals surface area contributed by atoms with Crippen LogP contribution in [-0.2, 0) is 24.4 Å². The van der Waals surface area contributed by atoms with Gasteiger partial charge in [0.05, 0.1) is 17.9 Å². The largest absolute Gasteiger partial charge is 0.478 e. The molecule has 4 aliphatic rings. The minimum absolute atomic E-state index is 0.0931. The van der Waals surface area contributed by atoms with Crippen LogP contribution in [0.1, 0.15) is 93.4 Å². The van der Waals surface area contributed by atoms with Crippen LogP contribution in [-0.4, -0.2) is 105 Å². The number of rotatable bonds is 10. The van der Waals surface area contributed by atoms with Crippen molar-refractivity contribution in [1.82, 2.24) is 24.8 Å². The van der Waals surface area contributed by atoms with E-state index in [0.29, 0.717) is 49.5 Å². The standard InChI is InChI=1S/C41H55F2N5O9S/c1-8-56-31-20-26-14-10-12-16-29(26)34(44-31)57-28-21-30-33(49)45-41(36(51)46-58(54,55)39(6)17-18-39)22-27(41)15-11-9-13-24(2)19-25(3)32(35(50)47(30)23-28)48(37(52)53)38(4,5)40(7,42)43/h10-12,14-16,20,24-25,27-28,30,32H,8-9,13,17-19,21-23H2,1-7H3,(H,45,49)(H,46,51)(H,52,53)/t24-,25+,27+,28+,30-,32-,41+/m0/s1. The van der Waals surface area contributed by atoms with Crippen molar-refractivity contribution in [3.05, 3.63) is 42.5 Å².